The second-order valence-corrected chi connectivity index (χ2v) is 4.38. The lowest BCUT2D eigenvalue weighted by Gasteiger charge is -2.27. The Morgan fingerprint density at radius 3 is 2.07 bits per heavy atom. The number of alkyl halides is 3. The van der Waals surface area contributed by atoms with Gasteiger partial charge in [-0.15, -0.1) is 0 Å². The van der Waals surface area contributed by atoms with Gasteiger partial charge in [-0.2, -0.15) is 13.2 Å². The van der Waals surface area contributed by atoms with E-state index in [0.717, 1.165) is 38.5 Å². The van der Waals surface area contributed by atoms with E-state index in [1.165, 1.54) is 0 Å². The van der Waals surface area contributed by atoms with E-state index in [-0.39, 0.29) is 6.61 Å². The first-order valence-corrected chi connectivity index (χ1v) is 5.35. The van der Waals surface area contributed by atoms with Gasteiger partial charge in [0.15, 0.2) is 0 Å². The van der Waals surface area contributed by atoms with Gasteiger partial charge in [-0.25, -0.2) is 0 Å². The number of hydrogen-bond donors (Lipinski definition) is 1. The molecule has 1 aliphatic rings. The first-order chi connectivity index (χ1) is 6.91. The van der Waals surface area contributed by atoms with Crippen LogP contribution in [0.3, 0.4) is 0 Å². The average Bonchev–Trinajstić information content (AvgIpc) is 2.28. The second kappa shape index (κ2) is 5.16. The maximum atomic E-state index is 11.8. The Kier molecular flexibility index (Phi) is 4.40. The lowest BCUT2D eigenvalue weighted by atomic mass is 9.93. The van der Waals surface area contributed by atoms with E-state index in [1.54, 1.807) is 0 Å². The molecule has 0 amide bonds. The van der Waals surface area contributed by atoms with Crippen LogP contribution in [-0.4, -0.2) is 24.9 Å². The molecule has 5 heteroatoms. The van der Waals surface area contributed by atoms with Crippen LogP contribution in [0, 0.1) is 0 Å². The molecule has 2 N–H and O–H groups in total. The van der Waals surface area contributed by atoms with Gasteiger partial charge in [0.25, 0.3) is 0 Å². The molecule has 2 nitrogen and oxygen atoms in total. The second-order valence-electron chi connectivity index (χ2n) is 4.38. The standard InChI is InChI=1S/C10H18F3NO/c11-10(12,13)8-15-7-9(14)5-3-1-2-4-6-9/h1-8,14H2. The van der Waals surface area contributed by atoms with E-state index in [2.05, 4.69) is 4.74 Å². The van der Waals surface area contributed by atoms with Crippen molar-refractivity contribution in [1.82, 2.24) is 0 Å². The number of rotatable bonds is 3. The summed E-state index contributed by atoms with van der Waals surface area (Å²) >= 11 is 0. The lowest BCUT2D eigenvalue weighted by molar-refractivity contribution is -0.177. The Balaban J connectivity index is 2.28. The van der Waals surface area contributed by atoms with Crippen molar-refractivity contribution in [2.75, 3.05) is 13.2 Å². The predicted molar refractivity (Wildman–Crippen MR) is 51.5 cm³/mol. The minimum absolute atomic E-state index is 0.0203. The highest BCUT2D eigenvalue weighted by Crippen LogP contribution is 2.26. The molecule has 0 aromatic rings. The zero-order chi connectivity index (χ0) is 11.4. The van der Waals surface area contributed by atoms with Gasteiger partial charge in [0, 0.05) is 5.54 Å². The topological polar surface area (TPSA) is 35.2 Å². The van der Waals surface area contributed by atoms with Crippen LogP contribution < -0.4 is 5.73 Å². The monoisotopic (exact) mass is 225 g/mol. The Hall–Kier alpha value is -0.290. The zero-order valence-corrected chi connectivity index (χ0v) is 8.78. The van der Waals surface area contributed by atoms with E-state index in [4.69, 9.17) is 5.73 Å². The van der Waals surface area contributed by atoms with Crippen molar-refractivity contribution in [3.05, 3.63) is 0 Å². The van der Waals surface area contributed by atoms with E-state index >= 15 is 0 Å². The fourth-order valence-electron chi connectivity index (χ4n) is 1.95. The molecule has 0 unspecified atom stereocenters. The van der Waals surface area contributed by atoms with Crippen molar-refractivity contribution in [2.24, 2.45) is 5.73 Å². The van der Waals surface area contributed by atoms with Gasteiger partial charge in [-0.05, 0) is 12.8 Å². The van der Waals surface area contributed by atoms with Gasteiger partial charge >= 0.3 is 6.18 Å². The molecule has 0 saturated heterocycles. The maximum absolute atomic E-state index is 11.8. The normalized spacial score (nSPS) is 22.4. The minimum atomic E-state index is -4.25. The summed E-state index contributed by atoms with van der Waals surface area (Å²) in [5.41, 5.74) is 5.46. The van der Waals surface area contributed by atoms with Crippen LogP contribution in [-0.2, 0) is 4.74 Å². The highest BCUT2D eigenvalue weighted by atomic mass is 19.4. The fraction of sp³-hybridized carbons (Fsp3) is 1.00. The van der Waals surface area contributed by atoms with Crippen LogP contribution in [0.15, 0.2) is 0 Å². The maximum Gasteiger partial charge on any atom is 0.411 e. The first kappa shape index (κ1) is 12.8. The molecule has 0 heterocycles. The van der Waals surface area contributed by atoms with Gasteiger partial charge in [0.05, 0.1) is 6.61 Å². The third-order valence-corrected chi connectivity index (χ3v) is 2.75. The molecule has 0 aromatic carbocycles. The molecule has 0 spiro atoms. The molecule has 1 rings (SSSR count). The average molecular weight is 225 g/mol. The minimum Gasteiger partial charge on any atom is -0.370 e. The van der Waals surface area contributed by atoms with E-state index < -0.39 is 18.3 Å². The summed E-state index contributed by atoms with van der Waals surface area (Å²) in [6.07, 6.45) is 1.52. The molecule has 1 aliphatic carbocycles. The van der Waals surface area contributed by atoms with Crippen molar-refractivity contribution < 1.29 is 17.9 Å². The summed E-state index contributed by atoms with van der Waals surface area (Å²) in [4.78, 5) is 0. The summed E-state index contributed by atoms with van der Waals surface area (Å²) in [6, 6.07) is 0. The molecule has 0 aliphatic heterocycles. The molecule has 15 heavy (non-hydrogen) atoms. The van der Waals surface area contributed by atoms with Crippen LogP contribution >= 0.6 is 0 Å². The highest BCUT2D eigenvalue weighted by molar-refractivity contribution is 4.85. The Bertz CT molecular complexity index is 186. The molecule has 0 bridgehead atoms. The van der Waals surface area contributed by atoms with Gasteiger partial charge in [0.2, 0.25) is 0 Å². The molecule has 1 fully saturated rings. The predicted octanol–water partition coefficient (Wildman–Crippen LogP) is 2.62. The van der Waals surface area contributed by atoms with E-state index in [0.29, 0.717) is 0 Å². The SMILES string of the molecule is NC1(COCC(F)(F)F)CCCCCC1. The molecule has 90 valence electrons. The van der Waals surface area contributed by atoms with E-state index in [1.807, 2.05) is 0 Å². The smallest absolute Gasteiger partial charge is 0.370 e. The third kappa shape index (κ3) is 5.37. The molecular weight excluding hydrogens is 207 g/mol. The van der Waals surface area contributed by atoms with Crippen molar-refractivity contribution >= 4 is 0 Å². The van der Waals surface area contributed by atoms with Crippen molar-refractivity contribution in [1.29, 1.82) is 0 Å². The van der Waals surface area contributed by atoms with Gasteiger partial charge in [-0.3, -0.25) is 0 Å². The van der Waals surface area contributed by atoms with Crippen molar-refractivity contribution in [3.63, 3.8) is 0 Å². The summed E-state index contributed by atoms with van der Waals surface area (Å²) in [7, 11) is 0. The zero-order valence-electron chi connectivity index (χ0n) is 8.78. The van der Waals surface area contributed by atoms with E-state index in [9.17, 15) is 13.2 Å². The number of halogens is 3. The summed E-state index contributed by atoms with van der Waals surface area (Å²) in [6.45, 7) is -1.17. The van der Waals surface area contributed by atoms with Crippen molar-refractivity contribution in [3.8, 4) is 0 Å². The van der Waals surface area contributed by atoms with Gasteiger partial charge in [-0.1, -0.05) is 25.7 Å². The molecule has 1 saturated carbocycles. The van der Waals surface area contributed by atoms with Crippen LogP contribution in [0.5, 0.6) is 0 Å². The number of nitrogens with two attached hydrogens (primary N) is 1. The van der Waals surface area contributed by atoms with Crippen LogP contribution in [0.1, 0.15) is 38.5 Å². The van der Waals surface area contributed by atoms with Crippen LogP contribution in [0.4, 0.5) is 13.2 Å². The quantitative estimate of drug-likeness (QED) is 0.749. The third-order valence-electron chi connectivity index (χ3n) is 2.75. The van der Waals surface area contributed by atoms with Gasteiger partial charge < -0.3 is 10.5 Å². The van der Waals surface area contributed by atoms with Crippen LogP contribution in [0.2, 0.25) is 0 Å². The highest BCUT2D eigenvalue weighted by Gasteiger charge is 2.31. The summed E-state index contributed by atoms with van der Waals surface area (Å²) in [5, 5.41) is 0. The molecule has 0 aromatic heterocycles. The summed E-state index contributed by atoms with van der Waals surface area (Å²) in [5.74, 6) is 0. The Morgan fingerprint density at radius 2 is 1.60 bits per heavy atom. The molecule has 0 atom stereocenters. The number of hydrogen-bond acceptors (Lipinski definition) is 2. The van der Waals surface area contributed by atoms with Crippen LogP contribution in [0.25, 0.3) is 0 Å². The lowest BCUT2D eigenvalue weighted by Crippen LogP contribution is -2.44. The molecular formula is C10H18F3NO. The first-order valence-electron chi connectivity index (χ1n) is 5.35. The van der Waals surface area contributed by atoms with Gasteiger partial charge in [0.1, 0.15) is 6.61 Å². The van der Waals surface area contributed by atoms with Crippen molar-refractivity contribution in [2.45, 2.75) is 50.2 Å². The Labute approximate surface area is 88.0 Å². The summed E-state index contributed by atoms with van der Waals surface area (Å²) < 4.78 is 40.2. The Morgan fingerprint density at radius 1 is 1.07 bits per heavy atom. The number of ether oxygens (including phenoxy) is 1. The largest absolute Gasteiger partial charge is 0.411 e. The fourth-order valence-corrected chi connectivity index (χ4v) is 1.95. The molecule has 0 radical (unpaired) electrons.